The van der Waals surface area contributed by atoms with Crippen LogP contribution in [0.1, 0.15) is 28.4 Å². The predicted octanol–water partition coefficient (Wildman–Crippen LogP) is 1.54. The maximum absolute atomic E-state index is 12.3. The smallest absolute Gasteiger partial charge is 0.271 e. The van der Waals surface area contributed by atoms with E-state index in [9.17, 15) is 9.59 Å². The van der Waals surface area contributed by atoms with Gasteiger partial charge in [-0.15, -0.1) is 0 Å². The van der Waals surface area contributed by atoms with Gasteiger partial charge < -0.3 is 4.98 Å². The van der Waals surface area contributed by atoms with Gasteiger partial charge in [-0.2, -0.15) is 0 Å². The molecule has 26 heavy (non-hydrogen) atoms. The molecule has 0 bridgehead atoms. The molecule has 0 radical (unpaired) electrons. The van der Waals surface area contributed by atoms with Crippen molar-refractivity contribution in [1.29, 1.82) is 0 Å². The van der Waals surface area contributed by atoms with Crippen molar-refractivity contribution in [3.05, 3.63) is 71.9 Å². The fourth-order valence-electron chi connectivity index (χ4n) is 3.16. The van der Waals surface area contributed by atoms with Gasteiger partial charge >= 0.3 is 0 Å². The molecule has 5 N–H and O–H groups in total. The maximum atomic E-state index is 12.3. The lowest BCUT2D eigenvalue weighted by Gasteiger charge is -2.11. The normalized spacial score (nSPS) is 19.4. The van der Waals surface area contributed by atoms with Crippen molar-refractivity contribution in [2.45, 2.75) is 18.5 Å². The lowest BCUT2D eigenvalue weighted by atomic mass is 10.0. The number of nitrogens with one attached hydrogen (secondary N) is 5. The average Bonchev–Trinajstić information content (AvgIpc) is 3.34. The quantitative estimate of drug-likeness (QED) is 0.463. The number of hydrogen-bond acceptors (Lipinski definition) is 4. The summed E-state index contributed by atoms with van der Waals surface area (Å²) in [5.74, 6) is -0.648. The zero-order chi connectivity index (χ0) is 17.9. The van der Waals surface area contributed by atoms with Crippen LogP contribution in [0, 0.1) is 0 Å². The van der Waals surface area contributed by atoms with Crippen molar-refractivity contribution >= 4 is 22.7 Å². The molecular weight excluding hydrogens is 330 g/mol. The van der Waals surface area contributed by atoms with Crippen molar-refractivity contribution in [2.75, 3.05) is 0 Å². The molecule has 1 fully saturated rings. The van der Waals surface area contributed by atoms with Crippen LogP contribution < -0.4 is 21.7 Å². The highest BCUT2D eigenvalue weighted by atomic mass is 16.2. The van der Waals surface area contributed by atoms with E-state index in [0.29, 0.717) is 12.0 Å². The minimum Gasteiger partial charge on any atom is -0.360 e. The lowest BCUT2D eigenvalue weighted by molar-refractivity contribution is -0.123. The van der Waals surface area contributed by atoms with E-state index in [-0.39, 0.29) is 17.9 Å². The molecule has 2 unspecified atom stereocenters. The number of hydrogen-bond donors (Lipinski definition) is 5. The van der Waals surface area contributed by atoms with E-state index < -0.39 is 6.04 Å². The first-order valence-corrected chi connectivity index (χ1v) is 8.44. The number of amides is 2. The van der Waals surface area contributed by atoms with E-state index in [2.05, 4.69) is 26.7 Å². The molecule has 0 spiro atoms. The van der Waals surface area contributed by atoms with E-state index in [1.165, 1.54) is 0 Å². The molecule has 1 aliphatic heterocycles. The van der Waals surface area contributed by atoms with Crippen LogP contribution in [0.5, 0.6) is 0 Å². The molecule has 1 aliphatic rings. The highest BCUT2D eigenvalue weighted by Crippen LogP contribution is 2.21. The summed E-state index contributed by atoms with van der Waals surface area (Å²) in [6, 6.07) is 17.0. The van der Waals surface area contributed by atoms with Crippen LogP contribution in [0.15, 0.2) is 60.8 Å². The molecule has 0 aliphatic carbocycles. The topological polar surface area (TPSA) is 98.1 Å². The van der Waals surface area contributed by atoms with Crippen molar-refractivity contribution in [2.24, 2.45) is 0 Å². The Balaban J connectivity index is 1.35. The monoisotopic (exact) mass is 349 g/mol. The summed E-state index contributed by atoms with van der Waals surface area (Å²) in [6.45, 7) is 0. The first kappa shape index (κ1) is 16.3. The minimum atomic E-state index is -0.427. The highest BCUT2D eigenvalue weighted by molar-refractivity contribution is 6.07. The number of carbonyl (C=O) groups is 2. The molecule has 2 atom stereocenters. The second-order valence-electron chi connectivity index (χ2n) is 6.23. The van der Waals surface area contributed by atoms with E-state index >= 15 is 0 Å². The number of aromatic nitrogens is 1. The molecule has 3 aromatic rings. The van der Waals surface area contributed by atoms with Gasteiger partial charge in [-0.3, -0.25) is 20.4 Å². The third-order valence-corrected chi connectivity index (χ3v) is 4.55. The number of H-pyrrole nitrogens is 1. The Hall–Kier alpha value is -3.16. The first-order chi connectivity index (χ1) is 12.7. The summed E-state index contributed by atoms with van der Waals surface area (Å²) in [5.41, 5.74) is 13.5. The van der Waals surface area contributed by atoms with Crippen molar-refractivity contribution in [3.63, 3.8) is 0 Å². The maximum Gasteiger partial charge on any atom is 0.271 e. The van der Waals surface area contributed by atoms with E-state index in [1.54, 1.807) is 6.20 Å². The Morgan fingerprint density at radius 2 is 1.69 bits per heavy atom. The van der Waals surface area contributed by atoms with Gasteiger partial charge in [-0.25, -0.2) is 10.9 Å². The number of para-hydroxylation sites is 1. The standard InChI is InChI=1S/C19H19N5O2/c25-18(14-11-20-15-9-5-4-8-13(14)15)23-24-19(26)17-10-16(21-22-17)12-6-2-1-3-7-12/h1-9,11,16-17,20-22H,10H2,(H,23,25)(H,24,26). The molecule has 1 aromatic heterocycles. The third kappa shape index (κ3) is 3.17. The number of carbonyl (C=O) groups excluding carboxylic acids is 2. The summed E-state index contributed by atoms with van der Waals surface area (Å²) in [5, 5.41) is 0.809. The Morgan fingerprint density at radius 1 is 0.923 bits per heavy atom. The minimum absolute atomic E-state index is 0.0521. The molecule has 7 heteroatoms. The number of aromatic amines is 1. The Bertz CT molecular complexity index is 937. The van der Waals surface area contributed by atoms with Gasteiger partial charge in [0.25, 0.3) is 11.8 Å². The Morgan fingerprint density at radius 3 is 2.54 bits per heavy atom. The van der Waals surface area contributed by atoms with E-state index in [0.717, 1.165) is 16.5 Å². The molecule has 2 amide bonds. The predicted molar refractivity (Wildman–Crippen MR) is 97.8 cm³/mol. The summed E-state index contributed by atoms with van der Waals surface area (Å²) >= 11 is 0. The second kappa shape index (κ2) is 6.99. The fourth-order valence-corrected chi connectivity index (χ4v) is 3.16. The molecule has 4 rings (SSSR count). The van der Waals surface area contributed by atoms with Crippen molar-refractivity contribution in [3.8, 4) is 0 Å². The number of rotatable bonds is 3. The highest BCUT2D eigenvalue weighted by Gasteiger charge is 2.30. The van der Waals surface area contributed by atoms with Gasteiger partial charge in [0.2, 0.25) is 0 Å². The van der Waals surface area contributed by atoms with E-state index in [4.69, 9.17) is 0 Å². The van der Waals surface area contributed by atoms with Gasteiger partial charge in [-0.05, 0) is 18.1 Å². The molecule has 2 heterocycles. The first-order valence-electron chi connectivity index (χ1n) is 8.44. The summed E-state index contributed by atoms with van der Waals surface area (Å²) in [6.07, 6.45) is 2.23. The molecular formula is C19H19N5O2. The van der Waals surface area contributed by atoms with Crippen LogP contribution in [0.25, 0.3) is 10.9 Å². The van der Waals surface area contributed by atoms with Gasteiger partial charge in [0.15, 0.2) is 0 Å². The average molecular weight is 349 g/mol. The van der Waals surface area contributed by atoms with Gasteiger partial charge in [0.05, 0.1) is 5.56 Å². The number of benzene rings is 2. The zero-order valence-corrected chi connectivity index (χ0v) is 14.0. The van der Waals surface area contributed by atoms with Gasteiger partial charge in [0, 0.05) is 23.1 Å². The summed E-state index contributed by atoms with van der Waals surface area (Å²) in [4.78, 5) is 27.7. The van der Waals surface area contributed by atoms with Crippen LogP contribution in [0.4, 0.5) is 0 Å². The molecule has 7 nitrogen and oxygen atoms in total. The van der Waals surface area contributed by atoms with Crippen LogP contribution in [0.3, 0.4) is 0 Å². The fraction of sp³-hybridized carbons (Fsp3) is 0.158. The summed E-state index contributed by atoms with van der Waals surface area (Å²) < 4.78 is 0. The zero-order valence-electron chi connectivity index (χ0n) is 14.0. The van der Waals surface area contributed by atoms with Crippen LogP contribution in [-0.2, 0) is 4.79 Å². The van der Waals surface area contributed by atoms with Crippen LogP contribution in [-0.4, -0.2) is 22.8 Å². The van der Waals surface area contributed by atoms with Crippen molar-refractivity contribution < 1.29 is 9.59 Å². The SMILES string of the molecule is O=C(NNC(=O)C1CC(c2ccccc2)NN1)c1c[nH]c2ccccc12. The van der Waals surface area contributed by atoms with Gasteiger partial charge in [-0.1, -0.05) is 48.5 Å². The molecule has 1 saturated heterocycles. The Labute approximate surface area is 150 Å². The van der Waals surface area contributed by atoms with Crippen LogP contribution >= 0.6 is 0 Å². The second-order valence-corrected chi connectivity index (χ2v) is 6.23. The largest absolute Gasteiger partial charge is 0.360 e. The molecule has 2 aromatic carbocycles. The number of fused-ring (bicyclic) bond motifs is 1. The molecule has 0 saturated carbocycles. The van der Waals surface area contributed by atoms with Gasteiger partial charge in [0.1, 0.15) is 6.04 Å². The third-order valence-electron chi connectivity index (χ3n) is 4.55. The lowest BCUT2D eigenvalue weighted by Crippen LogP contribution is -2.50. The summed E-state index contributed by atoms with van der Waals surface area (Å²) in [7, 11) is 0. The van der Waals surface area contributed by atoms with E-state index in [1.807, 2.05) is 54.6 Å². The Kier molecular flexibility index (Phi) is 4.39. The number of hydrazine groups is 2. The van der Waals surface area contributed by atoms with Crippen molar-refractivity contribution in [1.82, 2.24) is 26.7 Å². The van der Waals surface area contributed by atoms with Crippen LogP contribution in [0.2, 0.25) is 0 Å². The molecule has 132 valence electrons.